The van der Waals surface area contributed by atoms with Crippen LogP contribution in [0.25, 0.3) is 0 Å². The van der Waals surface area contributed by atoms with Gasteiger partial charge in [0, 0.05) is 17.8 Å². The fourth-order valence-corrected chi connectivity index (χ4v) is 2.66. The van der Waals surface area contributed by atoms with Crippen molar-refractivity contribution in [1.82, 2.24) is 0 Å². The van der Waals surface area contributed by atoms with Crippen molar-refractivity contribution in [2.45, 2.75) is 40.0 Å². The minimum Gasteiger partial charge on any atom is -0.484 e. The van der Waals surface area contributed by atoms with E-state index in [0.29, 0.717) is 29.5 Å². The van der Waals surface area contributed by atoms with Gasteiger partial charge in [-0.2, -0.15) is 0 Å². The Hall–Kier alpha value is -2.82. The first-order valence-corrected chi connectivity index (χ1v) is 8.82. The van der Waals surface area contributed by atoms with E-state index in [1.54, 1.807) is 31.2 Å². The number of hydrogen-bond donors (Lipinski definition) is 2. The molecule has 26 heavy (non-hydrogen) atoms. The fourth-order valence-electron chi connectivity index (χ4n) is 2.66. The second-order valence-corrected chi connectivity index (χ2v) is 6.49. The van der Waals surface area contributed by atoms with E-state index in [4.69, 9.17) is 4.74 Å². The van der Waals surface area contributed by atoms with Crippen LogP contribution >= 0.6 is 0 Å². The lowest BCUT2D eigenvalue weighted by Gasteiger charge is -2.13. The van der Waals surface area contributed by atoms with Crippen LogP contribution < -0.4 is 15.4 Å². The summed E-state index contributed by atoms with van der Waals surface area (Å²) in [7, 11) is 0. The molecule has 138 valence electrons. The van der Waals surface area contributed by atoms with Gasteiger partial charge in [0.15, 0.2) is 6.61 Å². The molecule has 5 nitrogen and oxygen atoms in total. The number of carbonyl (C=O) groups excluding carboxylic acids is 2. The molecule has 2 aromatic rings. The fraction of sp³-hybridized carbons (Fsp3) is 0.333. The highest BCUT2D eigenvalue weighted by atomic mass is 16.5. The molecule has 0 heterocycles. The lowest BCUT2D eigenvalue weighted by molar-refractivity contribution is -0.118. The van der Waals surface area contributed by atoms with E-state index in [-0.39, 0.29) is 18.4 Å². The molecule has 2 aromatic carbocycles. The van der Waals surface area contributed by atoms with Gasteiger partial charge in [-0.05, 0) is 54.3 Å². The molecular formula is C21H26N2O3. The van der Waals surface area contributed by atoms with Crippen molar-refractivity contribution in [3.63, 3.8) is 0 Å². The Morgan fingerprint density at radius 1 is 1.00 bits per heavy atom. The average Bonchev–Trinajstić information content (AvgIpc) is 2.60. The van der Waals surface area contributed by atoms with Crippen molar-refractivity contribution in [3.05, 3.63) is 53.6 Å². The first-order chi connectivity index (χ1) is 12.4. The Balaban J connectivity index is 1.92. The molecule has 2 amide bonds. The Bertz CT molecular complexity index is 785. The van der Waals surface area contributed by atoms with Crippen LogP contribution in [0.2, 0.25) is 0 Å². The summed E-state index contributed by atoms with van der Waals surface area (Å²) in [6.45, 7) is 8.04. The molecule has 0 aliphatic carbocycles. The molecule has 5 heteroatoms. The average molecular weight is 354 g/mol. The van der Waals surface area contributed by atoms with Gasteiger partial charge in [0.1, 0.15) is 5.75 Å². The van der Waals surface area contributed by atoms with Crippen molar-refractivity contribution >= 4 is 23.2 Å². The highest BCUT2D eigenvalue weighted by Crippen LogP contribution is 2.23. The number of amides is 2. The number of rotatable bonds is 7. The Morgan fingerprint density at radius 3 is 2.23 bits per heavy atom. The van der Waals surface area contributed by atoms with Crippen LogP contribution in [0.4, 0.5) is 11.4 Å². The van der Waals surface area contributed by atoms with E-state index in [9.17, 15) is 9.59 Å². The first-order valence-electron chi connectivity index (χ1n) is 8.82. The topological polar surface area (TPSA) is 67.4 Å². The standard InChI is InChI=1S/C21H26N2O3/c1-5-20(24)22-16-7-6-8-17(12-16)23-21(25)13-26-18-9-10-19(14(2)3)15(4)11-18/h6-12,14H,5,13H2,1-4H3,(H,22,24)(H,23,25). The zero-order valence-corrected chi connectivity index (χ0v) is 15.8. The third-order valence-corrected chi connectivity index (χ3v) is 3.98. The van der Waals surface area contributed by atoms with Crippen molar-refractivity contribution < 1.29 is 14.3 Å². The maximum absolute atomic E-state index is 12.1. The molecule has 0 aliphatic rings. The molecule has 0 aromatic heterocycles. The van der Waals surface area contributed by atoms with E-state index in [1.807, 2.05) is 25.1 Å². The monoisotopic (exact) mass is 354 g/mol. The summed E-state index contributed by atoms with van der Waals surface area (Å²) in [6.07, 6.45) is 0.402. The molecule has 0 radical (unpaired) electrons. The van der Waals surface area contributed by atoms with Crippen LogP contribution in [0, 0.1) is 6.92 Å². The van der Waals surface area contributed by atoms with Gasteiger partial charge >= 0.3 is 0 Å². The second kappa shape index (κ2) is 9.04. The molecule has 0 atom stereocenters. The molecule has 0 spiro atoms. The molecule has 0 unspecified atom stereocenters. The largest absolute Gasteiger partial charge is 0.484 e. The predicted molar refractivity (Wildman–Crippen MR) is 105 cm³/mol. The SMILES string of the molecule is CCC(=O)Nc1cccc(NC(=O)COc2ccc(C(C)C)c(C)c2)c1. The van der Waals surface area contributed by atoms with Crippen LogP contribution in [0.3, 0.4) is 0 Å². The molecule has 0 saturated carbocycles. The summed E-state index contributed by atoms with van der Waals surface area (Å²) in [5.74, 6) is 0.797. The lowest BCUT2D eigenvalue weighted by atomic mass is 9.98. The maximum Gasteiger partial charge on any atom is 0.262 e. The van der Waals surface area contributed by atoms with Gasteiger partial charge in [0.2, 0.25) is 5.91 Å². The molecule has 2 rings (SSSR count). The van der Waals surface area contributed by atoms with E-state index in [2.05, 4.69) is 24.5 Å². The molecule has 0 bridgehead atoms. The van der Waals surface area contributed by atoms with Crippen LogP contribution in [0.5, 0.6) is 5.75 Å². The van der Waals surface area contributed by atoms with Crippen molar-refractivity contribution in [2.75, 3.05) is 17.2 Å². The number of hydrogen-bond acceptors (Lipinski definition) is 3. The Labute approximate surface area is 154 Å². The van der Waals surface area contributed by atoms with Crippen LogP contribution in [-0.4, -0.2) is 18.4 Å². The lowest BCUT2D eigenvalue weighted by Crippen LogP contribution is -2.20. The van der Waals surface area contributed by atoms with Gasteiger partial charge in [-0.15, -0.1) is 0 Å². The van der Waals surface area contributed by atoms with Crippen molar-refractivity contribution in [3.8, 4) is 5.75 Å². The summed E-state index contributed by atoms with van der Waals surface area (Å²) in [6, 6.07) is 12.9. The number of aryl methyl sites for hydroxylation is 1. The number of carbonyl (C=O) groups is 2. The van der Waals surface area contributed by atoms with Gasteiger partial charge in [-0.3, -0.25) is 9.59 Å². The van der Waals surface area contributed by atoms with Gasteiger partial charge in [-0.1, -0.05) is 32.9 Å². The zero-order chi connectivity index (χ0) is 19.1. The summed E-state index contributed by atoms with van der Waals surface area (Å²) in [5, 5.41) is 5.53. The summed E-state index contributed by atoms with van der Waals surface area (Å²) in [5.41, 5.74) is 3.68. The van der Waals surface area contributed by atoms with E-state index < -0.39 is 0 Å². The Morgan fingerprint density at radius 2 is 1.65 bits per heavy atom. The number of benzene rings is 2. The van der Waals surface area contributed by atoms with Gasteiger partial charge < -0.3 is 15.4 Å². The minimum absolute atomic E-state index is 0.0722. The number of ether oxygens (including phenoxy) is 1. The van der Waals surface area contributed by atoms with E-state index in [1.165, 1.54) is 5.56 Å². The first kappa shape index (κ1) is 19.5. The third kappa shape index (κ3) is 5.62. The number of nitrogens with one attached hydrogen (secondary N) is 2. The van der Waals surface area contributed by atoms with Crippen molar-refractivity contribution in [1.29, 1.82) is 0 Å². The van der Waals surface area contributed by atoms with Crippen LogP contribution in [0.1, 0.15) is 44.2 Å². The normalized spacial score (nSPS) is 10.5. The number of anilines is 2. The maximum atomic E-state index is 12.1. The molecule has 2 N–H and O–H groups in total. The smallest absolute Gasteiger partial charge is 0.262 e. The predicted octanol–water partition coefficient (Wildman–Crippen LogP) is 4.48. The van der Waals surface area contributed by atoms with E-state index >= 15 is 0 Å². The molecule has 0 fully saturated rings. The summed E-state index contributed by atoms with van der Waals surface area (Å²) >= 11 is 0. The second-order valence-electron chi connectivity index (χ2n) is 6.49. The molecule has 0 aliphatic heterocycles. The highest BCUT2D eigenvalue weighted by molar-refractivity contribution is 5.94. The van der Waals surface area contributed by atoms with Crippen LogP contribution in [-0.2, 0) is 9.59 Å². The van der Waals surface area contributed by atoms with Gasteiger partial charge in [-0.25, -0.2) is 0 Å². The minimum atomic E-state index is -0.255. The summed E-state index contributed by atoms with van der Waals surface area (Å²) in [4.78, 5) is 23.6. The van der Waals surface area contributed by atoms with Crippen molar-refractivity contribution in [2.24, 2.45) is 0 Å². The highest BCUT2D eigenvalue weighted by Gasteiger charge is 2.08. The quantitative estimate of drug-likeness (QED) is 0.770. The molecule has 0 saturated heterocycles. The summed E-state index contributed by atoms with van der Waals surface area (Å²) < 4.78 is 5.59. The van der Waals surface area contributed by atoms with Gasteiger partial charge in [0.05, 0.1) is 0 Å². The third-order valence-electron chi connectivity index (χ3n) is 3.98. The Kier molecular flexibility index (Phi) is 6.78. The zero-order valence-electron chi connectivity index (χ0n) is 15.8. The van der Waals surface area contributed by atoms with Crippen LogP contribution in [0.15, 0.2) is 42.5 Å². The van der Waals surface area contributed by atoms with E-state index in [0.717, 1.165) is 5.56 Å². The molecular weight excluding hydrogens is 328 g/mol. The van der Waals surface area contributed by atoms with Gasteiger partial charge in [0.25, 0.3) is 5.91 Å².